The second-order valence-corrected chi connectivity index (χ2v) is 17.1. The van der Waals surface area contributed by atoms with Crippen molar-refractivity contribution in [3.05, 3.63) is 59.9 Å². The van der Waals surface area contributed by atoms with Gasteiger partial charge < -0.3 is 54.7 Å². The van der Waals surface area contributed by atoms with Crippen LogP contribution in [0.2, 0.25) is 0 Å². The number of carboxylic acid groups (broad SMARTS) is 1. The zero-order chi connectivity index (χ0) is 48.8. The molecule has 0 bridgehead atoms. The highest BCUT2D eigenvalue weighted by Gasteiger charge is 2.50. The Morgan fingerprint density at radius 1 is 0.721 bits per heavy atom. The smallest absolute Gasteiger partial charge is 0.342 e. The molecule has 2 aliphatic carbocycles. The number of aromatic nitrogens is 4. The largest absolute Gasteiger partial charge is 0.495 e. The van der Waals surface area contributed by atoms with Crippen LogP contribution in [0.1, 0.15) is 80.1 Å². The summed E-state index contributed by atoms with van der Waals surface area (Å²) >= 11 is 0. The van der Waals surface area contributed by atoms with Crippen LogP contribution >= 0.6 is 0 Å². The van der Waals surface area contributed by atoms with E-state index in [9.17, 15) is 37.1 Å². The maximum atomic E-state index is 14.7. The van der Waals surface area contributed by atoms with Crippen LogP contribution in [0.25, 0.3) is 0 Å². The molecule has 9 rings (SSSR count). The highest BCUT2D eigenvalue weighted by molar-refractivity contribution is 6.03. The van der Waals surface area contributed by atoms with Crippen LogP contribution in [-0.4, -0.2) is 126 Å². The topological polar surface area (TPSA) is 208 Å². The Labute approximate surface area is 390 Å². The SMILES string of the molecule is C1CCOC1.COc1cc(C(=O)O)ccc1Nc1ncc2c(n1)N(C1CCCC1)CC(F)(F)C(=O)N2C.COc1cc(CO)ccc1Nc1ncc2c(n1)N(C1CCCC1)CC(F)(F)C(=O)N2C. The molecule has 68 heavy (non-hydrogen) atoms. The first kappa shape index (κ1) is 49.4. The lowest BCUT2D eigenvalue weighted by molar-refractivity contribution is -0.141. The van der Waals surface area contributed by atoms with Crippen molar-refractivity contribution in [1.82, 2.24) is 19.9 Å². The number of benzene rings is 2. The van der Waals surface area contributed by atoms with Gasteiger partial charge in [0.05, 0.1) is 63.2 Å². The second-order valence-electron chi connectivity index (χ2n) is 17.1. The van der Waals surface area contributed by atoms with E-state index < -0.39 is 42.7 Å². The third-order valence-electron chi connectivity index (χ3n) is 12.5. The minimum Gasteiger partial charge on any atom is -0.495 e. The Hall–Kier alpha value is -6.55. The number of aliphatic hydroxyl groups is 1. The molecule has 2 amide bonds. The first-order valence-corrected chi connectivity index (χ1v) is 22.5. The number of carboxylic acids is 1. The van der Waals surface area contributed by atoms with E-state index in [0.717, 1.165) is 74.4 Å². The number of halogens is 4. The van der Waals surface area contributed by atoms with E-state index in [1.165, 1.54) is 76.6 Å². The molecule has 2 aromatic carbocycles. The van der Waals surface area contributed by atoms with Gasteiger partial charge in [0, 0.05) is 39.4 Å². The van der Waals surface area contributed by atoms with Gasteiger partial charge in [0.15, 0.2) is 11.6 Å². The van der Waals surface area contributed by atoms with Crippen molar-refractivity contribution in [2.45, 2.75) is 94.7 Å². The number of hydrogen-bond donors (Lipinski definition) is 4. The van der Waals surface area contributed by atoms with Gasteiger partial charge in [-0.3, -0.25) is 9.59 Å². The van der Waals surface area contributed by atoms with Gasteiger partial charge in [-0.2, -0.15) is 27.5 Å². The van der Waals surface area contributed by atoms with Crippen molar-refractivity contribution < 1.29 is 56.4 Å². The first-order valence-electron chi connectivity index (χ1n) is 22.5. The van der Waals surface area contributed by atoms with Crippen molar-refractivity contribution in [2.75, 3.05) is 84.9 Å². The molecule has 22 heteroatoms. The summed E-state index contributed by atoms with van der Waals surface area (Å²) in [7, 11) is 5.51. The molecule has 0 unspecified atom stereocenters. The summed E-state index contributed by atoms with van der Waals surface area (Å²) in [5.41, 5.74) is 2.16. The van der Waals surface area contributed by atoms with Crippen LogP contribution in [0.4, 0.5) is 63.8 Å². The molecule has 0 spiro atoms. The average Bonchev–Trinajstić information content (AvgIpc) is 4.18. The summed E-state index contributed by atoms with van der Waals surface area (Å²) in [6.07, 6.45) is 12.1. The zero-order valence-corrected chi connectivity index (χ0v) is 38.3. The Kier molecular flexibility index (Phi) is 15.4. The number of methoxy groups -OCH3 is 2. The number of alkyl halides is 4. The molecule has 3 aliphatic heterocycles. The fraction of sp³-hybridized carbons (Fsp3) is 0.500. The maximum absolute atomic E-state index is 14.7. The van der Waals surface area contributed by atoms with Crippen molar-refractivity contribution in [2.24, 2.45) is 0 Å². The molecule has 3 fully saturated rings. The lowest BCUT2D eigenvalue weighted by Gasteiger charge is -2.31. The molecule has 1 saturated heterocycles. The molecular weight excluding hydrogens is 897 g/mol. The third-order valence-corrected chi connectivity index (χ3v) is 12.5. The molecule has 0 atom stereocenters. The first-order chi connectivity index (χ1) is 32.5. The summed E-state index contributed by atoms with van der Waals surface area (Å²) in [4.78, 5) is 58.3. The van der Waals surface area contributed by atoms with Gasteiger partial charge in [-0.15, -0.1) is 0 Å². The highest BCUT2D eigenvalue weighted by Crippen LogP contribution is 2.42. The summed E-state index contributed by atoms with van der Waals surface area (Å²) in [6, 6.07) is 9.14. The fourth-order valence-electron chi connectivity index (χ4n) is 8.82. The predicted octanol–water partition coefficient (Wildman–Crippen LogP) is 7.17. The molecular formula is C46H56F4N10O8. The van der Waals surface area contributed by atoms with Crippen molar-refractivity contribution in [3.63, 3.8) is 0 Å². The van der Waals surface area contributed by atoms with Gasteiger partial charge in [0.25, 0.3) is 11.8 Å². The molecule has 4 aromatic rings. The third kappa shape index (κ3) is 10.9. The molecule has 2 saturated carbocycles. The minimum absolute atomic E-state index is 0.0463. The van der Waals surface area contributed by atoms with Gasteiger partial charge in [-0.25, -0.2) is 14.8 Å². The summed E-state index contributed by atoms with van der Waals surface area (Å²) < 4.78 is 74.2. The van der Waals surface area contributed by atoms with Crippen LogP contribution in [0, 0.1) is 0 Å². The van der Waals surface area contributed by atoms with E-state index in [4.69, 9.17) is 19.3 Å². The zero-order valence-electron chi connectivity index (χ0n) is 38.3. The standard InChI is InChI=1S/C21H23F2N5O4.C21H25F2N5O3.C4H8O/c1-27-15-10-24-20(25-14-8-7-12(18(29)30)9-16(14)32-2)26-17(15)28(13-5-3-4-6-13)11-21(22,23)19(27)31;1-27-16-10-24-20(25-15-8-7-13(11-29)9-17(15)31-2)26-18(16)28(14-5-3-4-6-14)12-21(22,23)19(27)30;1-2-4-5-3-1/h7-10,13H,3-6,11H2,1-2H3,(H,29,30)(H,24,25,26);7-10,14,29H,3-6,11-12H2,1-2H3,(H,24,25,26);1-4H2. The number of hydrogen-bond acceptors (Lipinski definition) is 15. The predicted molar refractivity (Wildman–Crippen MR) is 245 cm³/mol. The Morgan fingerprint density at radius 3 is 1.56 bits per heavy atom. The van der Waals surface area contributed by atoms with Crippen LogP contribution in [0.15, 0.2) is 48.8 Å². The Balaban J connectivity index is 0.000000182. The monoisotopic (exact) mass is 952 g/mol. The second kappa shape index (κ2) is 21.2. The lowest BCUT2D eigenvalue weighted by atomic mass is 10.2. The van der Waals surface area contributed by atoms with E-state index in [1.807, 2.05) is 0 Å². The summed E-state index contributed by atoms with van der Waals surface area (Å²) in [5, 5.41) is 24.5. The van der Waals surface area contributed by atoms with Crippen molar-refractivity contribution in [3.8, 4) is 11.5 Å². The fourth-order valence-corrected chi connectivity index (χ4v) is 8.82. The van der Waals surface area contributed by atoms with Crippen molar-refractivity contribution >= 4 is 64.1 Å². The van der Waals surface area contributed by atoms with Crippen LogP contribution < -0.4 is 39.7 Å². The maximum Gasteiger partial charge on any atom is 0.342 e. The van der Waals surface area contributed by atoms with Crippen LogP contribution in [0.5, 0.6) is 11.5 Å². The molecule has 4 N–H and O–H groups in total. The van der Waals surface area contributed by atoms with Crippen LogP contribution in [0.3, 0.4) is 0 Å². The molecule has 5 aliphatic rings. The van der Waals surface area contributed by atoms with E-state index in [2.05, 4.69) is 30.6 Å². The van der Waals surface area contributed by atoms with Gasteiger partial charge in [0.2, 0.25) is 11.9 Å². The quantitative estimate of drug-likeness (QED) is 0.116. The number of rotatable bonds is 10. The van der Waals surface area contributed by atoms with E-state index in [0.29, 0.717) is 28.5 Å². The van der Waals surface area contributed by atoms with Gasteiger partial charge in [-0.05, 0) is 74.4 Å². The van der Waals surface area contributed by atoms with Crippen LogP contribution in [-0.2, 0) is 20.9 Å². The number of fused-ring (bicyclic) bond motifs is 2. The van der Waals surface area contributed by atoms with E-state index >= 15 is 0 Å². The highest BCUT2D eigenvalue weighted by atomic mass is 19.3. The molecule has 5 heterocycles. The number of nitrogens with one attached hydrogen (secondary N) is 2. The van der Waals surface area contributed by atoms with Gasteiger partial charge in [-0.1, -0.05) is 31.7 Å². The number of amides is 2. The number of aliphatic hydroxyl groups excluding tert-OH is 1. The molecule has 18 nitrogen and oxygen atoms in total. The van der Waals surface area contributed by atoms with Crippen molar-refractivity contribution in [1.29, 1.82) is 0 Å². The number of aromatic carboxylic acids is 1. The number of anilines is 8. The Morgan fingerprint density at radius 2 is 1.16 bits per heavy atom. The van der Waals surface area contributed by atoms with Gasteiger partial charge >= 0.3 is 17.8 Å². The number of nitrogens with zero attached hydrogens (tertiary/aromatic N) is 8. The van der Waals surface area contributed by atoms with E-state index in [-0.39, 0.29) is 59.1 Å². The molecule has 0 radical (unpaired) electrons. The summed E-state index contributed by atoms with van der Waals surface area (Å²) in [6.45, 7) is 0.413. The molecule has 366 valence electrons. The van der Waals surface area contributed by atoms with Gasteiger partial charge in [0.1, 0.15) is 22.9 Å². The minimum atomic E-state index is -3.55. The average molecular weight is 953 g/mol. The summed E-state index contributed by atoms with van der Waals surface area (Å²) in [5.74, 6) is -9.12. The number of carbonyl (C=O) groups is 3. The lowest BCUT2D eigenvalue weighted by Crippen LogP contribution is -2.48. The Bertz CT molecular complexity index is 2450. The molecule has 2 aromatic heterocycles. The number of carbonyl (C=O) groups excluding carboxylic acids is 2. The number of ether oxygens (including phenoxy) is 3. The normalized spacial score (nSPS) is 18.9. The van der Waals surface area contributed by atoms with E-state index in [1.54, 1.807) is 23.1 Å².